The van der Waals surface area contributed by atoms with E-state index in [9.17, 15) is 0 Å². The van der Waals surface area contributed by atoms with Gasteiger partial charge in [-0.3, -0.25) is 0 Å². The van der Waals surface area contributed by atoms with Gasteiger partial charge in [-0.25, -0.2) is 0 Å². The van der Waals surface area contributed by atoms with Crippen molar-refractivity contribution in [2.45, 2.75) is 19.3 Å². The predicted octanol–water partition coefficient (Wildman–Crippen LogP) is 2.53. The lowest BCUT2D eigenvalue weighted by molar-refractivity contribution is 0.237. The molecule has 2 heterocycles. The number of likely N-dealkylation sites (tertiary alicyclic amines) is 1. The number of piperidine rings is 1. The minimum absolute atomic E-state index is 0.898. The van der Waals surface area contributed by atoms with Crippen molar-refractivity contribution in [1.29, 1.82) is 0 Å². The summed E-state index contributed by atoms with van der Waals surface area (Å²) in [5.74, 6) is 0.898. The Balaban J connectivity index is 1.62. The number of benzene rings is 1. The van der Waals surface area contributed by atoms with Crippen LogP contribution in [-0.4, -0.2) is 41.3 Å². The van der Waals surface area contributed by atoms with Crippen molar-refractivity contribution in [2.24, 2.45) is 0 Å². The maximum atomic E-state index is 4.21. The molecular weight excluding hydrogens is 236 g/mol. The molecule has 0 saturated carbocycles. The van der Waals surface area contributed by atoms with Crippen molar-refractivity contribution < 1.29 is 0 Å². The van der Waals surface area contributed by atoms with Crippen LogP contribution in [0, 0.1) is 0 Å². The van der Waals surface area contributed by atoms with Crippen LogP contribution in [0.5, 0.6) is 0 Å². The summed E-state index contributed by atoms with van der Waals surface area (Å²) in [6.45, 7) is 4.50. The Hall–Kier alpha value is -1.68. The highest BCUT2D eigenvalue weighted by Gasteiger charge is 2.09. The van der Waals surface area contributed by atoms with Crippen LogP contribution in [0.25, 0.3) is 10.8 Å². The molecule has 1 aromatic carbocycles. The van der Waals surface area contributed by atoms with Crippen molar-refractivity contribution >= 4 is 16.6 Å². The summed E-state index contributed by atoms with van der Waals surface area (Å²) in [6, 6.07) is 8.23. The van der Waals surface area contributed by atoms with Crippen LogP contribution >= 0.6 is 0 Å². The molecule has 4 heteroatoms. The van der Waals surface area contributed by atoms with Crippen molar-refractivity contribution in [3.05, 3.63) is 30.5 Å². The SMILES string of the molecule is c1ccc2c(NCCN3CCCCC3)nncc2c1. The van der Waals surface area contributed by atoms with Gasteiger partial charge in [0.15, 0.2) is 5.82 Å². The molecule has 0 atom stereocenters. The van der Waals surface area contributed by atoms with Crippen molar-refractivity contribution in [3.8, 4) is 0 Å². The molecule has 1 N–H and O–H groups in total. The van der Waals surface area contributed by atoms with Gasteiger partial charge in [0.1, 0.15) is 0 Å². The van der Waals surface area contributed by atoms with E-state index >= 15 is 0 Å². The third kappa shape index (κ3) is 3.01. The number of rotatable bonds is 4. The van der Waals surface area contributed by atoms with Gasteiger partial charge in [0.2, 0.25) is 0 Å². The maximum absolute atomic E-state index is 4.21. The number of fused-ring (bicyclic) bond motifs is 1. The zero-order chi connectivity index (χ0) is 12.9. The molecule has 0 unspecified atom stereocenters. The summed E-state index contributed by atoms with van der Waals surface area (Å²) < 4.78 is 0. The largest absolute Gasteiger partial charge is 0.367 e. The number of hydrogen-bond donors (Lipinski definition) is 1. The van der Waals surface area contributed by atoms with E-state index in [1.165, 1.54) is 32.4 Å². The van der Waals surface area contributed by atoms with Crippen molar-refractivity contribution in [1.82, 2.24) is 15.1 Å². The highest BCUT2D eigenvalue weighted by atomic mass is 15.2. The molecule has 1 aliphatic heterocycles. The minimum Gasteiger partial charge on any atom is -0.367 e. The first-order chi connectivity index (χ1) is 9.43. The van der Waals surface area contributed by atoms with Gasteiger partial charge in [-0.05, 0) is 25.9 Å². The molecule has 0 spiro atoms. The Kier molecular flexibility index (Phi) is 3.89. The van der Waals surface area contributed by atoms with Crippen LogP contribution in [0.4, 0.5) is 5.82 Å². The number of aromatic nitrogens is 2. The standard InChI is InChI=1S/C15H20N4/c1-4-9-19(10-5-1)11-8-16-15-14-7-3-2-6-13(14)12-17-18-15/h2-3,6-7,12H,1,4-5,8-11H2,(H,16,18). The van der Waals surface area contributed by atoms with Crippen LogP contribution < -0.4 is 5.32 Å². The molecule has 0 bridgehead atoms. The molecule has 19 heavy (non-hydrogen) atoms. The molecule has 1 aliphatic rings. The van der Waals surface area contributed by atoms with Crippen LogP contribution in [0.2, 0.25) is 0 Å². The van der Waals surface area contributed by atoms with E-state index in [1.54, 1.807) is 0 Å². The molecule has 4 nitrogen and oxygen atoms in total. The van der Waals surface area contributed by atoms with Crippen LogP contribution in [0.1, 0.15) is 19.3 Å². The zero-order valence-electron chi connectivity index (χ0n) is 11.2. The summed E-state index contributed by atoms with van der Waals surface area (Å²) in [7, 11) is 0. The van der Waals surface area contributed by atoms with Gasteiger partial charge in [0, 0.05) is 23.9 Å². The van der Waals surface area contributed by atoms with E-state index in [2.05, 4.69) is 32.5 Å². The molecule has 0 amide bonds. The molecule has 1 saturated heterocycles. The third-order valence-corrected chi connectivity index (χ3v) is 3.74. The number of nitrogens with zero attached hydrogens (tertiary/aromatic N) is 3. The number of nitrogens with one attached hydrogen (secondary N) is 1. The van der Waals surface area contributed by atoms with E-state index in [-0.39, 0.29) is 0 Å². The molecule has 100 valence electrons. The van der Waals surface area contributed by atoms with E-state index in [0.717, 1.165) is 29.7 Å². The average molecular weight is 256 g/mol. The number of hydrogen-bond acceptors (Lipinski definition) is 4. The summed E-state index contributed by atoms with van der Waals surface area (Å²) in [5, 5.41) is 14.0. The molecule has 2 aromatic rings. The second-order valence-corrected chi connectivity index (χ2v) is 5.11. The van der Waals surface area contributed by atoms with Crippen LogP contribution in [0.3, 0.4) is 0 Å². The molecule has 0 radical (unpaired) electrons. The Bertz CT molecular complexity index is 529. The number of anilines is 1. The lowest BCUT2D eigenvalue weighted by Gasteiger charge is -2.26. The van der Waals surface area contributed by atoms with E-state index in [1.807, 2.05) is 18.3 Å². The molecule has 3 rings (SSSR count). The molecule has 1 aromatic heterocycles. The third-order valence-electron chi connectivity index (χ3n) is 3.74. The monoisotopic (exact) mass is 256 g/mol. The average Bonchev–Trinajstić information content (AvgIpc) is 2.49. The maximum Gasteiger partial charge on any atom is 0.156 e. The summed E-state index contributed by atoms with van der Waals surface area (Å²) in [4.78, 5) is 2.52. The van der Waals surface area contributed by atoms with Gasteiger partial charge in [-0.15, -0.1) is 5.10 Å². The van der Waals surface area contributed by atoms with E-state index < -0.39 is 0 Å². The Labute approximate surface area is 113 Å². The highest BCUT2D eigenvalue weighted by molar-refractivity contribution is 5.90. The fourth-order valence-electron chi connectivity index (χ4n) is 2.67. The predicted molar refractivity (Wildman–Crippen MR) is 78.3 cm³/mol. The smallest absolute Gasteiger partial charge is 0.156 e. The fraction of sp³-hybridized carbons (Fsp3) is 0.467. The van der Waals surface area contributed by atoms with Gasteiger partial charge in [0.05, 0.1) is 6.20 Å². The first kappa shape index (κ1) is 12.4. The van der Waals surface area contributed by atoms with Gasteiger partial charge < -0.3 is 10.2 Å². The second kappa shape index (κ2) is 5.97. The lowest BCUT2D eigenvalue weighted by Crippen LogP contribution is -2.33. The van der Waals surface area contributed by atoms with Gasteiger partial charge >= 0.3 is 0 Å². The minimum atomic E-state index is 0.898. The summed E-state index contributed by atoms with van der Waals surface area (Å²) in [6.07, 6.45) is 5.88. The molecular formula is C15H20N4. The summed E-state index contributed by atoms with van der Waals surface area (Å²) >= 11 is 0. The van der Waals surface area contributed by atoms with E-state index in [0.29, 0.717) is 0 Å². The van der Waals surface area contributed by atoms with Crippen LogP contribution in [-0.2, 0) is 0 Å². The topological polar surface area (TPSA) is 41.0 Å². The summed E-state index contributed by atoms with van der Waals surface area (Å²) in [5.41, 5.74) is 0. The first-order valence-electron chi connectivity index (χ1n) is 7.10. The van der Waals surface area contributed by atoms with Gasteiger partial charge in [0.25, 0.3) is 0 Å². The Morgan fingerprint density at radius 3 is 2.84 bits per heavy atom. The fourth-order valence-corrected chi connectivity index (χ4v) is 2.67. The lowest BCUT2D eigenvalue weighted by atomic mass is 10.1. The van der Waals surface area contributed by atoms with Crippen LogP contribution in [0.15, 0.2) is 30.5 Å². The van der Waals surface area contributed by atoms with Crippen molar-refractivity contribution in [2.75, 3.05) is 31.5 Å². The van der Waals surface area contributed by atoms with E-state index in [4.69, 9.17) is 0 Å². The van der Waals surface area contributed by atoms with Crippen molar-refractivity contribution in [3.63, 3.8) is 0 Å². The quantitative estimate of drug-likeness (QED) is 0.912. The van der Waals surface area contributed by atoms with Gasteiger partial charge in [-0.2, -0.15) is 5.10 Å². The second-order valence-electron chi connectivity index (χ2n) is 5.11. The first-order valence-corrected chi connectivity index (χ1v) is 7.10. The molecule has 0 aliphatic carbocycles. The normalized spacial score (nSPS) is 16.6. The highest BCUT2D eigenvalue weighted by Crippen LogP contribution is 2.18. The Morgan fingerprint density at radius 1 is 1.11 bits per heavy atom. The van der Waals surface area contributed by atoms with Gasteiger partial charge in [-0.1, -0.05) is 30.7 Å². The Morgan fingerprint density at radius 2 is 1.95 bits per heavy atom. The molecule has 1 fully saturated rings. The zero-order valence-corrected chi connectivity index (χ0v) is 11.2.